The first kappa shape index (κ1) is 17.6. The minimum Gasteiger partial charge on any atom is -0.399 e. The van der Waals surface area contributed by atoms with Gasteiger partial charge in [-0.3, -0.25) is 0 Å². The lowest BCUT2D eigenvalue weighted by Crippen LogP contribution is -2.33. The van der Waals surface area contributed by atoms with E-state index < -0.39 is 0 Å². The summed E-state index contributed by atoms with van der Waals surface area (Å²) in [6.45, 7) is 2.19. The Morgan fingerprint density at radius 1 is 1.07 bits per heavy atom. The first-order valence-corrected chi connectivity index (χ1v) is 9.00. The molecular formula is C21H22N4O2. The summed E-state index contributed by atoms with van der Waals surface area (Å²) in [5.41, 5.74) is 10.9. The molecule has 0 aliphatic carbocycles. The summed E-state index contributed by atoms with van der Waals surface area (Å²) in [6.07, 6.45) is -0.124. The van der Waals surface area contributed by atoms with E-state index in [-0.39, 0.29) is 12.7 Å². The monoisotopic (exact) mass is 362 g/mol. The minimum atomic E-state index is -0.124. The van der Waals surface area contributed by atoms with E-state index in [1.54, 1.807) is 0 Å². The molecule has 1 saturated heterocycles. The van der Waals surface area contributed by atoms with Gasteiger partial charge in [-0.25, -0.2) is 9.97 Å². The molecule has 0 spiro atoms. The number of nitrogens with one attached hydrogen (secondary N) is 1. The van der Waals surface area contributed by atoms with E-state index in [9.17, 15) is 5.11 Å². The summed E-state index contributed by atoms with van der Waals surface area (Å²) in [7, 11) is 0. The van der Waals surface area contributed by atoms with Gasteiger partial charge in [-0.15, -0.1) is 0 Å². The van der Waals surface area contributed by atoms with E-state index in [1.807, 2.05) is 54.6 Å². The molecule has 6 nitrogen and oxygen atoms in total. The normalized spacial score (nSPS) is 17.0. The van der Waals surface area contributed by atoms with Crippen LogP contribution in [-0.4, -0.2) is 34.8 Å². The van der Waals surface area contributed by atoms with Crippen LogP contribution in [0.25, 0.3) is 22.6 Å². The second-order valence-corrected chi connectivity index (χ2v) is 6.55. The van der Waals surface area contributed by atoms with Crippen molar-refractivity contribution < 1.29 is 9.84 Å². The Kier molecular flexibility index (Phi) is 5.11. The van der Waals surface area contributed by atoms with E-state index in [2.05, 4.69) is 5.32 Å². The van der Waals surface area contributed by atoms with E-state index in [4.69, 9.17) is 20.4 Å². The Morgan fingerprint density at radius 2 is 1.93 bits per heavy atom. The molecular weight excluding hydrogens is 340 g/mol. The van der Waals surface area contributed by atoms with Gasteiger partial charge in [0.15, 0.2) is 5.82 Å². The molecule has 1 aromatic heterocycles. The number of nitrogen functional groups attached to an aromatic ring is 1. The number of nitrogens with zero attached hydrogens (tertiary/aromatic N) is 2. The second-order valence-electron chi connectivity index (χ2n) is 6.55. The number of aliphatic hydroxyl groups is 1. The largest absolute Gasteiger partial charge is 0.399 e. The molecule has 4 rings (SSSR count). The predicted octanol–water partition coefficient (Wildman–Crippen LogP) is 2.55. The second kappa shape index (κ2) is 7.84. The Labute approximate surface area is 158 Å². The first-order valence-electron chi connectivity index (χ1n) is 9.00. The van der Waals surface area contributed by atoms with Gasteiger partial charge in [0.1, 0.15) is 6.10 Å². The molecule has 2 aromatic carbocycles. The van der Waals surface area contributed by atoms with E-state index >= 15 is 0 Å². The Bertz CT molecular complexity index is 939. The van der Waals surface area contributed by atoms with Crippen molar-refractivity contribution in [2.75, 3.05) is 25.4 Å². The van der Waals surface area contributed by atoms with Crippen LogP contribution in [0.15, 0.2) is 54.6 Å². The molecule has 2 heterocycles. The molecule has 1 aliphatic heterocycles. The fraction of sp³-hybridized carbons (Fsp3) is 0.238. The summed E-state index contributed by atoms with van der Waals surface area (Å²) < 4.78 is 5.90. The Hall–Kier alpha value is -2.80. The van der Waals surface area contributed by atoms with Crippen LogP contribution in [0.5, 0.6) is 0 Å². The number of hydrogen-bond donors (Lipinski definition) is 3. The zero-order chi connectivity index (χ0) is 18.6. The van der Waals surface area contributed by atoms with E-state index in [1.165, 1.54) is 0 Å². The smallest absolute Gasteiger partial charge is 0.160 e. The number of benzene rings is 2. The van der Waals surface area contributed by atoms with Crippen LogP contribution in [0.1, 0.15) is 17.4 Å². The maximum atomic E-state index is 9.46. The van der Waals surface area contributed by atoms with E-state index in [0.29, 0.717) is 24.7 Å². The minimum absolute atomic E-state index is 0.0104. The molecule has 4 N–H and O–H groups in total. The summed E-state index contributed by atoms with van der Waals surface area (Å²) in [5, 5.41) is 12.8. The Morgan fingerprint density at radius 3 is 2.70 bits per heavy atom. The number of aromatic nitrogens is 2. The van der Waals surface area contributed by atoms with Crippen molar-refractivity contribution in [3.05, 3.63) is 65.9 Å². The van der Waals surface area contributed by atoms with Crippen LogP contribution in [0.4, 0.5) is 5.69 Å². The average molecular weight is 362 g/mol. The van der Waals surface area contributed by atoms with Gasteiger partial charge in [0, 0.05) is 29.9 Å². The highest BCUT2D eigenvalue weighted by Crippen LogP contribution is 2.28. The Balaban J connectivity index is 1.83. The van der Waals surface area contributed by atoms with Gasteiger partial charge in [0.25, 0.3) is 0 Å². The van der Waals surface area contributed by atoms with Crippen molar-refractivity contribution >= 4 is 5.69 Å². The van der Waals surface area contributed by atoms with Gasteiger partial charge in [0.05, 0.1) is 24.6 Å². The van der Waals surface area contributed by atoms with Crippen LogP contribution in [-0.2, 0) is 11.3 Å². The third-order valence-corrected chi connectivity index (χ3v) is 4.55. The van der Waals surface area contributed by atoms with Gasteiger partial charge < -0.3 is 20.9 Å². The highest BCUT2D eigenvalue weighted by Gasteiger charge is 2.20. The zero-order valence-corrected chi connectivity index (χ0v) is 14.9. The average Bonchev–Trinajstić information content (AvgIpc) is 2.74. The highest BCUT2D eigenvalue weighted by molar-refractivity contribution is 5.66. The number of anilines is 1. The molecule has 0 bridgehead atoms. The summed E-state index contributed by atoms with van der Waals surface area (Å²) in [4.78, 5) is 9.52. The molecule has 138 valence electrons. The SMILES string of the molecule is Nc1cccc(-c2nc(-c3cccc(CO)c3)cc(C3CNCCO3)n2)c1. The van der Waals surface area contributed by atoms with Crippen molar-refractivity contribution in [3.8, 4) is 22.6 Å². The van der Waals surface area contributed by atoms with Crippen LogP contribution in [0, 0.1) is 0 Å². The lowest BCUT2D eigenvalue weighted by molar-refractivity contribution is 0.0250. The standard InChI is InChI=1S/C21H22N4O2/c22-17-6-2-5-16(10-17)21-24-18(15-4-1-3-14(9-15)13-26)11-19(25-21)20-12-23-7-8-27-20/h1-6,9-11,20,23,26H,7-8,12-13,22H2. The molecule has 0 radical (unpaired) electrons. The third kappa shape index (κ3) is 3.98. The van der Waals surface area contributed by atoms with Gasteiger partial charge in [0.2, 0.25) is 0 Å². The molecule has 6 heteroatoms. The van der Waals surface area contributed by atoms with Crippen LogP contribution < -0.4 is 11.1 Å². The van der Waals surface area contributed by atoms with Gasteiger partial charge in [-0.2, -0.15) is 0 Å². The number of rotatable bonds is 4. The predicted molar refractivity (Wildman–Crippen MR) is 105 cm³/mol. The first-order chi connectivity index (χ1) is 13.2. The highest BCUT2D eigenvalue weighted by atomic mass is 16.5. The van der Waals surface area contributed by atoms with Crippen LogP contribution in [0.2, 0.25) is 0 Å². The van der Waals surface area contributed by atoms with Crippen LogP contribution >= 0.6 is 0 Å². The summed E-state index contributed by atoms with van der Waals surface area (Å²) >= 11 is 0. The van der Waals surface area contributed by atoms with Crippen molar-refractivity contribution in [1.82, 2.24) is 15.3 Å². The fourth-order valence-corrected chi connectivity index (χ4v) is 3.17. The molecule has 0 saturated carbocycles. The maximum absolute atomic E-state index is 9.46. The molecule has 27 heavy (non-hydrogen) atoms. The van der Waals surface area contributed by atoms with Crippen molar-refractivity contribution in [3.63, 3.8) is 0 Å². The van der Waals surface area contributed by atoms with E-state index in [0.717, 1.165) is 34.6 Å². The summed E-state index contributed by atoms with van der Waals surface area (Å²) in [6, 6.07) is 17.2. The number of ether oxygens (including phenoxy) is 1. The fourth-order valence-electron chi connectivity index (χ4n) is 3.17. The third-order valence-electron chi connectivity index (χ3n) is 4.55. The molecule has 1 atom stereocenters. The molecule has 1 aliphatic rings. The topological polar surface area (TPSA) is 93.3 Å². The summed E-state index contributed by atoms with van der Waals surface area (Å²) in [5.74, 6) is 0.610. The van der Waals surface area contributed by atoms with Gasteiger partial charge in [-0.1, -0.05) is 30.3 Å². The molecule has 1 fully saturated rings. The molecule has 3 aromatic rings. The molecule has 1 unspecified atom stereocenters. The number of morpholine rings is 1. The quantitative estimate of drug-likeness (QED) is 0.618. The van der Waals surface area contributed by atoms with Crippen molar-refractivity contribution in [1.29, 1.82) is 0 Å². The number of aliphatic hydroxyl groups excluding tert-OH is 1. The van der Waals surface area contributed by atoms with Gasteiger partial charge in [-0.05, 0) is 29.8 Å². The number of hydrogen-bond acceptors (Lipinski definition) is 6. The lowest BCUT2D eigenvalue weighted by Gasteiger charge is -2.24. The van der Waals surface area contributed by atoms with Crippen LogP contribution in [0.3, 0.4) is 0 Å². The maximum Gasteiger partial charge on any atom is 0.160 e. The van der Waals surface area contributed by atoms with Crippen molar-refractivity contribution in [2.24, 2.45) is 0 Å². The zero-order valence-electron chi connectivity index (χ0n) is 14.9. The number of nitrogens with two attached hydrogens (primary N) is 1. The lowest BCUT2D eigenvalue weighted by atomic mass is 10.1. The van der Waals surface area contributed by atoms with Crippen molar-refractivity contribution in [2.45, 2.75) is 12.7 Å². The molecule has 0 amide bonds. The van der Waals surface area contributed by atoms with Gasteiger partial charge >= 0.3 is 0 Å².